The third-order valence-electron chi connectivity index (χ3n) is 6.97. The minimum Gasteiger partial charge on any atom is -0.352 e. The molecule has 2 aromatic carbocycles. The minimum atomic E-state index is -0.462. The molecule has 38 heavy (non-hydrogen) atoms. The number of carbonyl (C=O) groups excluding carboxylic acids is 1. The Kier molecular flexibility index (Phi) is 7.24. The Bertz CT molecular complexity index is 1490. The molecule has 1 aliphatic rings. The molecule has 1 saturated heterocycles. The number of halogens is 1. The lowest BCUT2D eigenvalue weighted by Gasteiger charge is -2.28. The lowest BCUT2D eigenvalue weighted by Crippen LogP contribution is -2.33. The second-order valence-electron chi connectivity index (χ2n) is 9.60. The molecule has 1 amide bonds. The van der Waals surface area contributed by atoms with Crippen molar-refractivity contribution in [2.45, 2.75) is 39.3 Å². The fourth-order valence-electron chi connectivity index (χ4n) is 5.23. The molecule has 4 aromatic rings. The van der Waals surface area contributed by atoms with E-state index in [1.165, 1.54) is 11.6 Å². The number of aryl methyl sites for hydroxylation is 2. The Morgan fingerprint density at radius 2 is 1.84 bits per heavy atom. The average molecular weight is 528 g/mol. The molecule has 2 unspecified atom stereocenters. The highest BCUT2D eigenvalue weighted by atomic mass is 32.1. The van der Waals surface area contributed by atoms with E-state index in [1.807, 2.05) is 18.2 Å². The van der Waals surface area contributed by atoms with Crippen LogP contribution in [0.2, 0.25) is 0 Å². The summed E-state index contributed by atoms with van der Waals surface area (Å²) in [6.45, 7) is 6.67. The number of anilines is 1. The van der Waals surface area contributed by atoms with Crippen molar-refractivity contribution in [3.05, 3.63) is 113 Å². The van der Waals surface area contributed by atoms with E-state index in [0.29, 0.717) is 11.7 Å². The Morgan fingerprint density at radius 1 is 1.05 bits per heavy atom. The van der Waals surface area contributed by atoms with Gasteiger partial charge in [0.25, 0.3) is 0 Å². The van der Waals surface area contributed by atoms with Crippen LogP contribution >= 0.6 is 12.2 Å². The van der Waals surface area contributed by atoms with E-state index in [0.717, 1.165) is 28.3 Å². The molecular weight excluding hydrogens is 497 g/mol. The molecule has 0 bridgehead atoms. The van der Waals surface area contributed by atoms with Crippen LogP contribution in [0, 0.1) is 26.6 Å². The molecule has 0 saturated carbocycles. The Hall–Kier alpha value is -4.04. The molecule has 6 nitrogen and oxygen atoms in total. The van der Waals surface area contributed by atoms with E-state index in [1.54, 1.807) is 24.4 Å². The first-order valence-corrected chi connectivity index (χ1v) is 13.0. The van der Waals surface area contributed by atoms with Gasteiger partial charge in [0.1, 0.15) is 5.82 Å². The second kappa shape index (κ2) is 10.8. The van der Waals surface area contributed by atoms with E-state index in [2.05, 4.69) is 76.2 Å². The highest BCUT2D eigenvalue weighted by Crippen LogP contribution is 2.41. The lowest BCUT2D eigenvalue weighted by molar-refractivity contribution is -0.116. The third kappa shape index (κ3) is 5.04. The summed E-state index contributed by atoms with van der Waals surface area (Å²) in [6, 6.07) is 22.3. The smallest absolute Gasteiger partial charge is 0.226 e. The van der Waals surface area contributed by atoms with Crippen LogP contribution < -0.4 is 10.6 Å². The second-order valence-corrected chi connectivity index (χ2v) is 9.99. The first-order chi connectivity index (χ1) is 18.3. The van der Waals surface area contributed by atoms with Crippen LogP contribution in [0.15, 0.2) is 79.0 Å². The van der Waals surface area contributed by atoms with Crippen molar-refractivity contribution in [1.29, 1.82) is 0 Å². The Morgan fingerprint density at radius 3 is 2.58 bits per heavy atom. The summed E-state index contributed by atoms with van der Waals surface area (Å²) in [4.78, 5) is 19.5. The molecule has 1 aliphatic heterocycles. The van der Waals surface area contributed by atoms with E-state index in [4.69, 9.17) is 12.2 Å². The predicted octanol–water partition coefficient (Wildman–Crippen LogP) is 5.94. The molecule has 3 heterocycles. The first-order valence-electron chi connectivity index (χ1n) is 12.6. The summed E-state index contributed by atoms with van der Waals surface area (Å²) in [5.41, 5.74) is 6.66. The zero-order valence-electron chi connectivity index (χ0n) is 21.6. The molecule has 2 atom stereocenters. The molecule has 0 aliphatic carbocycles. The number of pyridine rings is 1. The topological polar surface area (TPSA) is 62.2 Å². The van der Waals surface area contributed by atoms with Gasteiger partial charge in [-0.15, -0.1) is 0 Å². The van der Waals surface area contributed by atoms with Crippen LogP contribution in [-0.2, 0) is 4.79 Å². The molecule has 5 rings (SSSR count). The van der Waals surface area contributed by atoms with Crippen LogP contribution in [0.4, 0.5) is 10.1 Å². The largest absolute Gasteiger partial charge is 0.352 e. The van der Waals surface area contributed by atoms with E-state index >= 15 is 0 Å². The van der Waals surface area contributed by atoms with Gasteiger partial charge in [-0.05, 0) is 86.6 Å². The van der Waals surface area contributed by atoms with Gasteiger partial charge in [-0.1, -0.05) is 30.3 Å². The summed E-state index contributed by atoms with van der Waals surface area (Å²) in [6.07, 6.45) is 1.93. The number of amides is 1. The predicted molar refractivity (Wildman–Crippen MR) is 152 cm³/mol. The highest BCUT2D eigenvalue weighted by Gasteiger charge is 2.41. The molecule has 2 aromatic heterocycles. The van der Waals surface area contributed by atoms with Crippen LogP contribution in [0.3, 0.4) is 0 Å². The van der Waals surface area contributed by atoms with Crippen LogP contribution in [0.25, 0.3) is 5.69 Å². The fraction of sp³-hybridized carbons (Fsp3) is 0.233. The summed E-state index contributed by atoms with van der Waals surface area (Å²) in [5.74, 6) is -0.737. The maximum atomic E-state index is 14.1. The van der Waals surface area contributed by atoms with Gasteiger partial charge in [0, 0.05) is 36.2 Å². The summed E-state index contributed by atoms with van der Waals surface area (Å²) < 4.78 is 16.3. The minimum absolute atomic E-state index is 0.151. The number of hydrogen-bond acceptors (Lipinski definition) is 3. The average Bonchev–Trinajstić information content (AvgIpc) is 3.39. The first kappa shape index (κ1) is 25.6. The number of benzene rings is 2. The molecule has 2 N–H and O–H groups in total. The normalized spacial score (nSPS) is 16.9. The van der Waals surface area contributed by atoms with E-state index in [9.17, 15) is 9.18 Å². The fourth-order valence-corrected chi connectivity index (χ4v) is 5.57. The maximum absolute atomic E-state index is 14.1. The maximum Gasteiger partial charge on any atom is 0.226 e. The van der Waals surface area contributed by atoms with Gasteiger partial charge in [-0.3, -0.25) is 9.78 Å². The van der Waals surface area contributed by atoms with Gasteiger partial charge in [-0.25, -0.2) is 4.39 Å². The quantitative estimate of drug-likeness (QED) is 0.292. The lowest BCUT2D eigenvalue weighted by atomic mass is 9.96. The van der Waals surface area contributed by atoms with Crippen LogP contribution in [-0.4, -0.2) is 32.0 Å². The van der Waals surface area contributed by atoms with E-state index in [-0.39, 0.29) is 30.1 Å². The van der Waals surface area contributed by atoms with Gasteiger partial charge < -0.3 is 20.1 Å². The van der Waals surface area contributed by atoms with Crippen molar-refractivity contribution in [3.8, 4) is 5.69 Å². The van der Waals surface area contributed by atoms with Crippen molar-refractivity contribution in [3.63, 3.8) is 0 Å². The molecule has 0 radical (unpaired) electrons. The summed E-state index contributed by atoms with van der Waals surface area (Å²) in [7, 11) is 0. The molecule has 1 fully saturated rings. The van der Waals surface area contributed by atoms with Crippen molar-refractivity contribution in [1.82, 2.24) is 19.8 Å². The van der Waals surface area contributed by atoms with Crippen molar-refractivity contribution in [2.75, 3.05) is 11.9 Å². The number of rotatable bonds is 7. The van der Waals surface area contributed by atoms with Gasteiger partial charge in [0.15, 0.2) is 5.11 Å². The number of nitrogens with one attached hydrogen (secondary N) is 2. The number of thiocarbonyl (C=S) groups is 1. The summed E-state index contributed by atoms with van der Waals surface area (Å²) in [5, 5.41) is 6.69. The van der Waals surface area contributed by atoms with Crippen LogP contribution in [0.5, 0.6) is 0 Å². The molecular formula is C30H30FN5OS. The Labute approximate surface area is 227 Å². The number of aromatic nitrogens is 2. The standard InChI is InChI=1S/C30H30FN5OS/c1-19-9-8-10-22(17-19)36-20(2)18-23(21(36)3)29-28(26-13-6-7-15-32-26)34-30(38)35(29)16-14-27(37)33-25-12-5-4-11-24(25)31/h4-13,15,17-18,28-29H,14,16H2,1-3H3,(H,33,37)(H,34,38). The number of nitrogens with zero attached hydrogens (tertiary/aromatic N) is 3. The third-order valence-corrected chi connectivity index (χ3v) is 7.33. The van der Waals surface area contributed by atoms with Crippen molar-refractivity contribution < 1.29 is 9.18 Å². The molecule has 0 spiro atoms. The summed E-state index contributed by atoms with van der Waals surface area (Å²) >= 11 is 5.78. The molecule has 194 valence electrons. The van der Waals surface area contributed by atoms with Gasteiger partial charge in [0.2, 0.25) is 5.91 Å². The van der Waals surface area contributed by atoms with Crippen molar-refractivity contribution in [2.24, 2.45) is 0 Å². The Balaban J connectivity index is 1.48. The van der Waals surface area contributed by atoms with E-state index < -0.39 is 5.82 Å². The number of hydrogen-bond donors (Lipinski definition) is 2. The zero-order chi connectivity index (χ0) is 26.8. The van der Waals surface area contributed by atoms with Crippen molar-refractivity contribution >= 4 is 28.9 Å². The number of para-hydroxylation sites is 1. The molecule has 8 heteroatoms. The SMILES string of the molecule is Cc1cccc(-n2c(C)cc(C3C(c4ccccn4)NC(=S)N3CCC(=O)Nc3ccccc3F)c2C)c1. The van der Waals surface area contributed by atoms with Gasteiger partial charge in [-0.2, -0.15) is 0 Å². The highest BCUT2D eigenvalue weighted by molar-refractivity contribution is 7.80. The van der Waals surface area contributed by atoms with Gasteiger partial charge in [0.05, 0.1) is 23.5 Å². The number of carbonyl (C=O) groups is 1. The van der Waals surface area contributed by atoms with Crippen LogP contribution in [0.1, 0.15) is 46.7 Å². The zero-order valence-corrected chi connectivity index (χ0v) is 22.4. The monoisotopic (exact) mass is 527 g/mol. The van der Waals surface area contributed by atoms with Gasteiger partial charge >= 0.3 is 0 Å².